The van der Waals surface area contributed by atoms with Gasteiger partial charge in [-0.05, 0) is 53.6 Å². The minimum atomic E-state index is -3.54. The standard InChI is InChI=1S/C17H19NO3S/c19-12-16-5-2-1-4-15(16)11-18-22(20,21)17-9-8-13-6-3-7-14(13)10-17/h1-2,4-5,8-10,18-19H,3,6-7,11-12H2. The number of nitrogens with one attached hydrogen (secondary N) is 1. The van der Waals surface area contributed by atoms with Crippen molar-refractivity contribution in [2.45, 2.75) is 37.3 Å². The number of rotatable bonds is 5. The Morgan fingerprint density at radius 2 is 1.73 bits per heavy atom. The summed E-state index contributed by atoms with van der Waals surface area (Å²) < 4.78 is 27.5. The van der Waals surface area contributed by atoms with Crippen LogP contribution in [-0.2, 0) is 36.0 Å². The van der Waals surface area contributed by atoms with Crippen LogP contribution in [-0.4, -0.2) is 13.5 Å². The average molecular weight is 317 g/mol. The third kappa shape index (κ3) is 3.06. The molecule has 116 valence electrons. The number of sulfonamides is 1. The zero-order valence-electron chi connectivity index (χ0n) is 12.2. The highest BCUT2D eigenvalue weighted by Gasteiger charge is 2.18. The van der Waals surface area contributed by atoms with Crippen LogP contribution in [0.4, 0.5) is 0 Å². The molecule has 3 rings (SSSR count). The highest BCUT2D eigenvalue weighted by atomic mass is 32.2. The first-order valence-electron chi connectivity index (χ1n) is 7.39. The molecule has 0 aliphatic heterocycles. The summed E-state index contributed by atoms with van der Waals surface area (Å²) in [5, 5.41) is 9.29. The van der Waals surface area contributed by atoms with E-state index >= 15 is 0 Å². The molecular weight excluding hydrogens is 298 g/mol. The molecule has 2 aromatic rings. The van der Waals surface area contributed by atoms with Crippen LogP contribution in [0, 0.1) is 0 Å². The zero-order valence-corrected chi connectivity index (χ0v) is 13.1. The van der Waals surface area contributed by atoms with Crippen molar-refractivity contribution in [2.24, 2.45) is 0 Å². The van der Waals surface area contributed by atoms with E-state index in [9.17, 15) is 13.5 Å². The predicted octanol–water partition coefficient (Wildman–Crippen LogP) is 2.15. The fourth-order valence-electron chi connectivity index (χ4n) is 2.86. The van der Waals surface area contributed by atoms with Gasteiger partial charge in [-0.2, -0.15) is 0 Å². The van der Waals surface area contributed by atoms with Crippen LogP contribution in [0.5, 0.6) is 0 Å². The molecule has 0 amide bonds. The number of aryl methyl sites for hydroxylation is 2. The lowest BCUT2D eigenvalue weighted by Crippen LogP contribution is -2.24. The van der Waals surface area contributed by atoms with E-state index in [1.54, 1.807) is 18.2 Å². The number of fused-ring (bicyclic) bond motifs is 1. The van der Waals surface area contributed by atoms with Gasteiger partial charge in [0.25, 0.3) is 0 Å². The van der Waals surface area contributed by atoms with E-state index in [1.807, 2.05) is 24.3 Å². The lowest BCUT2D eigenvalue weighted by molar-refractivity contribution is 0.280. The summed E-state index contributed by atoms with van der Waals surface area (Å²) in [7, 11) is -3.54. The lowest BCUT2D eigenvalue weighted by Gasteiger charge is -2.11. The number of aliphatic hydroxyl groups is 1. The van der Waals surface area contributed by atoms with Crippen LogP contribution < -0.4 is 4.72 Å². The summed E-state index contributed by atoms with van der Waals surface area (Å²) in [5.41, 5.74) is 3.91. The third-order valence-electron chi connectivity index (χ3n) is 4.12. The second-order valence-electron chi connectivity index (χ2n) is 5.54. The van der Waals surface area contributed by atoms with E-state index in [4.69, 9.17) is 0 Å². The van der Waals surface area contributed by atoms with Crippen LogP contribution in [0.3, 0.4) is 0 Å². The Hall–Kier alpha value is -1.69. The summed E-state index contributed by atoms with van der Waals surface area (Å²) in [6.07, 6.45) is 3.08. The molecule has 0 unspecified atom stereocenters. The largest absolute Gasteiger partial charge is 0.392 e. The molecule has 2 aromatic carbocycles. The first kappa shape index (κ1) is 15.2. The molecule has 22 heavy (non-hydrogen) atoms. The highest BCUT2D eigenvalue weighted by Crippen LogP contribution is 2.24. The maximum absolute atomic E-state index is 12.4. The summed E-state index contributed by atoms with van der Waals surface area (Å²) in [5.74, 6) is 0. The van der Waals surface area contributed by atoms with Crippen LogP contribution in [0.1, 0.15) is 28.7 Å². The second-order valence-corrected chi connectivity index (χ2v) is 7.30. The van der Waals surface area contributed by atoms with Gasteiger partial charge in [0.15, 0.2) is 0 Å². The Morgan fingerprint density at radius 3 is 2.50 bits per heavy atom. The maximum atomic E-state index is 12.4. The van der Waals surface area contributed by atoms with Crippen molar-refractivity contribution >= 4 is 10.0 Å². The van der Waals surface area contributed by atoms with E-state index in [0.717, 1.165) is 36.0 Å². The van der Waals surface area contributed by atoms with Gasteiger partial charge in [0.2, 0.25) is 10.0 Å². The van der Waals surface area contributed by atoms with Crippen molar-refractivity contribution in [3.05, 3.63) is 64.7 Å². The van der Waals surface area contributed by atoms with Crippen LogP contribution in [0.2, 0.25) is 0 Å². The van der Waals surface area contributed by atoms with Crippen LogP contribution >= 0.6 is 0 Å². The van der Waals surface area contributed by atoms with Gasteiger partial charge >= 0.3 is 0 Å². The Morgan fingerprint density at radius 1 is 1.00 bits per heavy atom. The molecular formula is C17H19NO3S. The van der Waals surface area contributed by atoms with Gasteiger partial charge in [-0.15, -0.1) is 0 Å². The van der Waals surface area contributed by atoms with E-state index in [0.29, 0.717) is 4.90 Å². The molecule has 1 aliphatic carbocycles. The summed E-state index contributed by atoms with van der Waals surface area (Å²) in [6, 6.07) is 12.6. The van der Waals surface area contributed by atoms with Crippen LogP contribution in [0.15, 0.2) is 47.4 Å². The fraction of sp³-hybridized carbons (Fsp3) is 0.294. The molecule has 0 atom stereocenters. The molecule has 0 saturated carbocycles. The molecule has 5 heteroatoms. The first-order valence-corrected chi connectivity index (χ1v) is 8.87. The minimum Gasteiger partial charge on any atom is -0.392 e. The van der Waals surface area contributed by atoms with E-state index in [1.165, 1.54) is 5.56 Å². The molecule has 4 nitrogen and oxygen atoms in total. The van der Waals surface area contributed by atoms with Gasteiger partial charge in [-0.3, -0.25) is 0 Å². The van der Waals surface area contributed by atoms with E-state index in [-0.39, 0.29) is 13.2 Å². The predicted molar refractivity (Wildman–Crippen MR) is 84.9 cm³/mol. The zero-order chi connectivity index (χ0) is 15.6. The molecule has 0 saturated heterocycles. The van der Waals surface area contributed by atoms with Crippen molar-refractivity contribution in [3.63, 3.8) is 0 Å². The third-order valence-corrected chi connectivity index (χ3v) is 5.52. The average Bonchev–Trinajstić information content (AvgIpc) is 3.01. The van der Waals surface area contributed by atoms with E-state index < -0.39 is 10.0 Å². The molecule has 0 fully saturated rings. The summed E-state index contributed by atoms with van der Waals surface area (Å²) in [6.45, 7) is 0.0763. The summed E-state index contributed by atoms with van der Waals surface area (Å²) in [4.78, 5) is 0.314. The van der Waals surface area contributed by atoms with Gasteiger partial charge < -0.3 is 5.11 Å². The van der Waals surface area contributed by atoms with Crippen molar-refractivity contribution in [3.8, 4) is 0 Å². The number of hydrogen-bond donors (Lipinski definition) is 2. The topological polar surface area (TPSA) is 66.4 Å². The Balaban J connectivity index is 1.79. The van der Waals surface area contributed by atoms with Gasteiger partial charge in [0.1, 0.15) is 0 Å². The van der Waals surface area contributed by atoms with Gasteiger partial charge in [-0.1, -0.05) is 30.3 Å². The molecule has 0 spiro atoms. The van der Waals surface area contributed by atoms with Gasteiger partial charge in [0, 0.05) is 6.54 Å². The SMILES string of the molecule is O=S(=O)(NCc1ccccc1CO)c1ccc2c(c1)CCC2. The van der Waals surface area contributed by atoms with Crippen molar-refractivity contribution < 1.29 is 13.5 Å². The highest BCUT2D eigenvalue weighted by molar-refractivity contribution is 7.89. The summed E-state index contributed by atoms with van der Waals surface area (Å²) >= 11 is 0. The number of hydrogen-bond acceptors (Lipinski definition) is 3. The second kappa shape index (κ2) is 6.20. The Kier molecular flexibility index (Phi) is 4.29. The van der Waals surface area contributed by atoms with Crippen molar-refractivity contribution in [1.29, 1.82) is 0 Å². The minimum absolute atomic E-state index is 0.100. The fourth-order valence-corrected chi connectivity index (χ4v) is 3.91. The van der Waals surface area contributed by atoms with Gasteiger partial charge in [0.05, 0.1) is 11.5 Å². The van der Waals surface area contributed by atoms with Crippen molar-refractivity contribution in [1.82, 2.24) is 4.72 Å². The molecule has 0 radical (unpaired) electrons. The van der Waals surface area contributed by atoms with Crippen molar-refractivity contribution in [2.75, 3.05) is 0 Å². The lowest BCUT2D eigenvalue weighted by atomic mass is 10.1. The Labute approximate surface area is 130 Å². The van der Waals surface area contributed by atoms with E-state index in [2.05, 4.69) is 4.72 Å². The monoisotopic (exact) mass is 317 g/mol. The molecule has 0 aromatic heterocycles. The maximum Gasteiger partial charge on any atom is 0.240 e. The first-order chi connectivity index (χ1) is 10.6. The van der Waals surface area contributed by atoms with Crippen LogP contribution in [0.25, 0.3) is 0 Å². The number of aliphatic hydroxyl groups excluding tert-OH is 1. The molecule has 0 heterocycles. The molecule has 0 bridgehead atoms. The smallest absolute Gasteiger partial charge is 0.240 e. The number of benzene rings is 2. The molecule has 2 N–H and O–H groups in total. The normalized spacial score (nSPS) is 14.0. The van der Waals surface area contributed by atoms with Gasteiger partial charge in [-0.25, -0.2) is 13.1 Å². The molecule has 1 aliphatic rings. The quantitative estimate of drug-likeness (QED) is 0.888. The Bertz CT molecular complexity index is 784.